The smallest absolute Gasteiger partial charge is 0.338 e. The number of nitrogens with zero attached hydrogens (tertiary/aromatic N) is 1. The van der Waals surface area contributed by atoms with Crippen LogP contribution >= 0.6 is 11.8 Å². The molecule has 1 saturated heterocycles. The van der Waals surface area contributed by atoms with Crippen LogP contribution in [0.4, 0.5) is 0 Å². The summed E-state index contributed by atoms with van der Waals surface area (Å²) >= 11 is 1.57. The topological polar surface area (TPSA) is 80.8 Å². The molecule has 0 bridgehead atoms. The van der Waals surface area contributed by atoms with E-state index in [1.165, 1.54) is 11.8 Å². The monoisotopic (exact) mass is 385 g/mol. The largest absolute Gasteiger partial charge is 0.449 e. The molecule has 0 radical (unpaired) electrons. The van der Waals surface area contributed by atoms with E-state index >= 15 is 0 Å². The number of hydrogen-bond acceptors (Lipinski definition) is 6. The Morgan fingerprint density at radius 3 is 2.44 bits per heavy atom. The lowest BCUT2D eigenvalue weighted by atomic mass is 10.2. The Hall–Kier alpha value is -1.54. The number of ether oxygens (including phenoxy) is 1. The molecule has 1 aromatic carbocycles. The number of hydrogen-bond donors (Lipinski definition) is 0. The third kappa shape index (κ3) is 4.98. The highest BCUT2D eigenvalue weighted by Gasteiger charge is 2.36. The number of thioether (sulfide) groups is 1. The zero-order valence-corrected chi connectivity index (χ0v) is 16.2. The molecule has 8 heteroatoms. The van der Waals surface area contributed by atoms with E-state index in [-0.39, 0.29) is 23.5 Å². The fraction of sp³-hybridized carbons (Fsp3) is 0.529. The summed E-state index contributed by atoms with van der Waals surface area (Å²) in [4.78, 5) is 27.3. The minimum absolute atomic E-state index is 0.0244. The lowest BCUT2D eigenvalue weighted by molar-refractivity contribution is -0.141. The van der Waals surface area contributed by atoms with Crippen LogP contribution in [-0.2, 0) is 19.4 Å². The van der Waals surface area contributed by atoms with Crippen LogP contribution in [0, 0.1) is 0 Å². The Labute approximate surface area is 152 Å². The molecule has 1 amide bonds. The molecule has 1 aromatic rings. The summed E-state index contributed by atoms with van der Waals surface area (Å²) in [5, 5.41) is 0. The van der Waals surface area contributed by atoms with E-state index in [1.54, 1.807) is 30.8 Å². The van der Waals surface area contributed by atoms with E-state index < -0.39 is 21.9 Å². The summed E-state index contributed by atoms with van der Waals surface area (Å²) < 4.78 is 28.6. The Kier molecular flexibility index (Phi) is 6.51. The normalized spacial score (nSPS) is 20.0. The van der Waals surface area contributed by atoms with Gasteiger partial charge >= 0.3 is 5.97 Å². The van der Waals surface area contributed by atoms with Crippen molar-refractivity contribution in [1.82, 2.24) is 4.90 Å². The fourth-order valence-electron chi connectivity index (χ4n) is 2.85. The van der Waals surface area contributed by atoms with Crippen molar-refractivity contribution in [2.75, 3.05) is 24.3 Å². The summed E-state index contributed by atoms with van der Waals surface area (Å²) in [6, 6.07) is 6.61. The summed E-state index contributed by atoms with van der Waals surface area (Å²) in [6.07, 6.45) is 1.41. The molecule has 25 heavy (non-hydrogen) atoms. The average molecular weight is 386 g/mol. The SMILES string of the molecule is CCN(C(=O)[C@H](C)OC(=O)c1ccc(SC)cc1)[C@@H]1CCS(=O)(=O)C1. The summed E-state index contributed by atoms with van der Waals surface area (Å²) in [7, 11) is -3.09. The molecule has 1 heterocycles. The van der Waals surface area contributed by atoms with E-state index in [1.807, 2.05) is 18.4 Å². The molecule has 2 rings (SSSR count). The van der Waals surface area contributed by atoms with Crippen LogP contribution in [0.5, 0.6) is 0 Å². The number of sulfone groups is 1. The van der Waals surface area contributed by atoms with Gasteiger partial charge in [-0.25, -0.2) is 13.2 Å². The van der Waals surface area contributed by atoms with Crippen molar-refractivity contribution >= 4 is 33.5 Å². The van der Waals surface area contributed by atoms with Crippen LogP contribution in [0.3, 0.4) is 0 Å². The molecular formula is C17H23NO5S2. The highest BCUT2D eigenvalue weighted by Crippen LogP contribution is 2.20. The van der Waals surface area contributed by atoms with Crippen molar-refractivity contribution in [1.29, 1.82) is 0 Å². The third-order valence-electron chi connectivity index (χ3n) is 4.23. The van der Waals surface area contributed by atoms with Crippen molar-refractivity contribution in [2.45, 2.75) is 37.3 Å². The van der Waals surface area contributed by atoms with Crippen LogP contribution in [0.1, 0.15) is 30.6 Å². The Bertz CT molecular complexity index is 730. The van der Waals surface area contributed by atoms with Gasteiger partial charge in [0.15, 0.2) is 15.9 Å². The van der Waals surface area contributed by atoms with Crippen LogP contribution in [0.25, 0.3) is 0 Å². The van der Waals surface area contributed by atoms with Crippen LogP contribution < -0.4 is 0 Å². The Balaban J connectivity index is 2.01. The van der Waals surface area contributed by atoms with Gasteiger partial charge in [0.25, 0.3) is 5.91 Å². The van der Waals surface area contributed by atoms with Gasteiger partial charge in [-0.05, 0) is 50.8 Å². The summed E-state index contributed by atoms with van der Waals surface area (Å²) in [6.45, 7) is 3.68. The predicted octanol–water partition coefficient (Wildman–Crippen LogP) is 1.99. The minimum Gasteiger partial charge on any atom is -0.449 e. The quantitative estimate of drug-likeness (QED) is 0.550. The van der Waals surface area contributed by atoms with Crippen molar-refractivity contribution in [3.05, 3.63) is 29.8 Å². The second-order valence-electron chi connectivity index (χ2n) is 5.96. The maximum atomic E-state index is 12.6. The Morgan fingerprint density at radius 2 is 1.96 bits per heavy atom. The second kappa shape index (κ2) is 8.23. The number of benzene rings is 1. The predicted molar refractivity (Wildman–Crippen MR) is 97.5 cm³/mol. The van der Waals surface area contributed by atoms with Gasteiger partial charge in [0.05, 0.1) is 17.1 Å². The zero-order chi connectivity index (χ0) is 18.6. The minimum atomic E-state index is -3.09. The van der Waals surface area contributed by atoms with Gasteiger partial charge in [-0.15, -0.1) is 11.8 Å². The first-order valence-electron chi connectivity index (χ1n) is 8.13. The van der Waals surface area contributed by atoms with Crippen molar-refractivity contribution in [3.63, 3.8) is 0 Å². The average Bonchev–Trinajstić information content (AvgIpc) is 2.95. The molecule has 0 saturated carbocycles. The molecular weight excluding hydrogens is 362 g/mol. The lowest BCUT2D eigenvalue weighted by Gasteiger charge is -2.29. The first kappa shape index (κ1) is 19.8. The highest BCUT2D eigenvalue weighted by atomic mass is 32.2. The van der Waals surface area contributed by atoms with Gasteiger partial charge in [-0.1, -0.05) is 0 Å². The fourth-order valence-corrected chi connectivity index (χ4v) is 4.99. The van der Waals surface area contributed by atoms with Gasteiger partial charge in [0.2, 0.25) is 0 Å². The molecule has 1 aliphatic heterocycles. The lowest BCUT2D eigenvalue weighted by Crippen LogP contribution is -2.46. The number of likely N-dealkylation sites (N-methyl/N-ethyl adjacent to an activating group) is 1. The van der Waals surface area contributed by atoms with Crippen molar-refractivity contribution in [2.24, 2.45) is 0 Å². The first-order chi connectivity index (χ1) is 11.8. The van der Waals surface area contributed by atoms with E-state index in [0.717, 1.165) is 4.90 Å². The molecule has 2 atom stereocenters. The van der Waals surface area contributed by atoms with Crippen molar-refractivity contribution < 1.29 is 22.7 Å². The van der Waals surface area contributed by atoms with E-state index in [0.29, 0.717) is 18.5 Å². The number of carbonyl (C=O) groups is 2. The summed E-state index contributed by atoms with van der Waals surface area (Å²) in [5.74, 6) is -0.858. The number of esters is 1. The maximum Gasteiger partial charge on any atom is 0.338 e. The van der Waals surface area contributed by atoms with Crippen molar-refractivity contribution in [3.8, 4) is 0 Å². The third-order valence-corrected chi connectivity index (χ3v) is 6.72. The van der Waals surface area contributed by atoms with E-state index in [9.17, 15) is 18.0 Å². The molecule has 6 nitrogen and oxygen atoms in total. The number of amides is 1. The first-order valence-corrected chi connectivity index (χ1v) is 11.2. The van der Waals surface area contributed by atoms with Gasteiger partial charge < -0.3 is 9.64 Å². The molecule has 0 N–H and O–H groups in total. The van der Waals surface area contributed by atoms with Crippen LogP contribution in [0.15, 0.2) is 29.2 Å². The van der Waals surface area contributed by atoms with Crippen LogP contribution in [-0.4, -0.2) is 61.6 Å². The molecule has 1 aliphatic rings. The van der Waals surface area contributed by atoms with Gasteiger partial charge in [-0.2, -0.15) is 0 Å². The molecule has 138 valence electrons. The molecule has 1 fully saturated rings. The summed E-state index contributed by atoms with van der Waals surface area (Å²) in [5.41, 5.74) is 0.379. The molecule has 0 unspecified atom stereocenters. The molecule has 0 spiro atoms. The second-order valence-corrected chi connectivity index (χ2v) is 9.07. The number of rotatable bonds is 6. The van der Waals surface area contributed by atoms with E-state index in [4.69, 9.17) is 4.74 Å². The van der Waals surface area contributed by atoms with Gasteiger partial charge in [0.1, 0.15) is 0 Å². The zero-order valence-electron chi connectivity index (χ0n) is 14.6. The Morgan fingerprint density at radius 1 is 1.32 bits per heavy atom. The highest BCUT2D eigenvalue weighted by molar-refractivity contribution is 7.98. The molecule has 0 aromatic heterocycles. The molecule has 0 aliphatic carbocycles. The van der Waals surface area contributed by atoms with E-state index in [2.05, 4.69) is 0 Å². The number of carbonyl (C=O) groups excluding carboxylic acids is 2. The van der Waals surface area contributed by atoms with Gasteiger partial charge in [0, 0.05) is 17.5 Å². The maximum absolute atomic E-state index is 12.6. The standard InChI is InChI=1S/C17H23NO5S2/c1-4-18(14-9-10-25(21,22)11-14)16(19)12(2)23-17(20)13-5-7-15(24-3)8-6-13/h5-8,12,14H,4,9-11H2,1-3H3/t12-,14+/m0/s1. The van der Waals surface area contributed by atoms with Gasteiger partial charge in [-0.3, -0.25) is 4.79 Å². The van der Waals surface area contributed by atoms with Crippen LogP contribution in [0.2, 0.25) is 0 Å².